The third-order valence-corrected chi connectivity index (χ3v) is 7.53. The van der Waals surface area contributed by atoms with E-state index in [0.717, 1.165) is 5.56 Å². The molecule has 11 heteroatoms. The summed E-state index contributed by atoms with van der Waals surface area (Å²) < 4.78 is 20.8. The number of aliphatic hydroxyl groups excluding tert-OH is 1. The predicted molar refractivity (Wildman–Crippen MR) is 151 cm³/mol. The van der Waals surface area contributed by atoms with Gasteiger partial charge in [0, 0.05) is 10.4 Å². The summed E-state index contributed by atoms with van der Waals surface area (Å²) in [5, 5.41) is 11.9. The number of imidazole rings is 1. The van der Waals surface area contributed by atoms with Gasteiger partial charge >= 0.3 is 6.03 Å². The van der Waals surface area contributed by atoms with Crippen molar-refractivity contribution in [2.75, 3.05) is 13.2 Å². The Hall–Kier alpha value is -3.73. The van der Waals surface area contributed by atoms with Gasteiger partial charge < -0.3 is 20.1 Å². The first kappa shape index (κ1) is 27.8. The van der Waals surface area contributed by atoms with Gasteiger partial charge in [0.25, 0.3) is 5.91 Å². The van der Waals surface area contributed by atoms with Crippen molar-refractivity contribution in [3.63, 3.8) is 0 Å². The van der Waals surface area contributed by atoms with Crippen LogP contribution < -0.4 is 10.1 Å². The Morgan fingerprint density at radius 1 is 1.15 bits per heavy atom. The number of aliphatic hydroxyl groups is 1. The van der Waals surface area contributed by atoms with Crippen LogP contribution in [-0.2, 0) is 4.79 Å². The van der Waals surface area contributed by atoms with Crippen LogP contribution in [0.3, 0.4) is 0 Å². The van der Waals surface area contributed by atoms with Crippen molar-refractivity contribution in [3.8, 4) is 17.0 Å². The summed E-state index contributed by atoms with van der Waals surface area (Å²) in [6.07, 6.45) is 1.44. The standard InChI is InChI=1S/C29H25BrClFN4O4/c1-16(17-5-3-2-4-6-17)26(27-33-15-23(34-27)24-21(31)13-19(30)14-22(24)32)36-28(38)25(35-29(36)39)18-7-9-20(10-8-18)40-12-11-37/h2-10,13-16,25-26,37H,11-12H2,1H3,(H,33,34)(H,35,39)/t16-,25+,26-/m0/s1. The lowest BCUT2D eigenvalue weighted by Crippen LogP contribution is -2.38. The van der Waals surface area contributed by atoms with Gasteiger partial charge in [-0.1, -0.05) is 76.9 Å². The first-order valence-corrected chi connectivity index (χ1v) is 13.7. The number of carbonyl (C=O) groups is 2. The Balaban J connectivity index is 1.52. The summed E-state index contributed by atoms with van der Waals surface area (Å²) in [6, 6.07) is 16.7. The summed E-state index contributed by atoms with van der Waals surface area (Å²) >= 11 is 9.58. The van der Waals surface area contributed by atoms with E-state index >= 15 is 0 Å². The molecule has 1 aliphatic heterocycles. The van der Waals surface area contributed by atoms with Crippen LogP contribution in [0.25, 0.3) is 11.3 Å². The summed E-state index contributed by atoms with van der Waals surface area (Å²) in [5.74, 6) is -0.532. The minimum absolute atomic E-state index is 0.121. The second-order valence-electron chi connectivity index (χ2n) is 9.30. The highest BCUT2D eigenvalue weighted by Gasteiger charge is 2.46. The van der Waals surface area contributed by atoms with Gasteiger partial charge in [0.1, 0.15) is 36.1 Å². The first-order chi connectivity index (χ1) is 19.3. The van der Waals surface area contributed by atoms with E-state index in [1.807, 2.05) is 37.3 Å². The molecule has 1 aliphatic rings. The maximum atomic E-state index is 14.9. The average Bonchev–Trinajstić information content (AvgIpc) is 3.53. The summed E-state index contributed by atoms with van der Waals surface area (Å²) in [6.45, 7) is 1.92. The lowest BCUT2D eigenvalue weighted by Gasteiger charge is -2.29. The fourth-order valence-electron chi connectivity index (χ4n) is 4.84. The number of nitrogens with one attached hydrogen (secondary N) is 2. The van der Waals surface area contributed by atoms with Gasteiger partial charge in [-0.25, -0.2) is 14.2 Å². The van der Waals surface area contributed by atoms with E-state index in [1.165, 1.54) is 17.2 Å². The smallest absolute Gasteiger partial charge is 0.325 e. The van der Waals surface area contributed by atoms with E-state index < -0.39 is 29.8 Å². The minimum atomic E-state index is -0.919. The number of rotatable bonds is 9. The van der Waals surface area contributed by atoms with Gasteiger partial charge in [-0.3, -0.25) is 9.69 Å². The van der Waals surface area contributed by atoms with Gasteiger partial charge in [-0.2, -0.15) is 0 Å². The Labute approximate surface area is 243 Å². The predicted octanol–water partition coefficient (Wildman–Crippen LogP) is 6.14. The van der Waals surface area contributed by atoms with Crippen molar-refractivity contribution < 1.29 is 23.8 Å². The maximum Gasteiger partial charge on any atom is 0.325 e. The number of H-pyrrole nitrogens is 1. The largest absolute Gasteiger partial charge is 0.491 e. The molecule has 0 radical (unpaired) electrons. The Morgan fingerprint density at radius 3 is 2.55 bits per heavy atom. The number of carbonyl (C=O) groups excluding carboxylic acids is 2. The number of hydrogen-bond acceptors (Lipinski definition) is 5. The number of aromatic nitrogens is 2. The second-order valence-corrected chi connectivity index (χ2v) is 10.6. The molecular weight excluding hydrogens is 603 g/mol. The number of urea groups is 1. The molecule has 0 aliphatic carbocycles. The van der Waals surface area contributed by atoms with Crippen LogP contribution in [0, 0.1) is 5.82 Å². The summed E-state index contributed by atoms with van der Waals surface area (Å²) in [7, 11) is 0. The van der Waals surface area contributed by atoms with E-state index in [0.29, 0.717) is 27.3 Å². The number of benzene rings is 3. The minimum Gasteiger partial charge on any atom is -0.491 e. The fraction of sp³-hybridized carbons (Fsp3) is 0.207. The number of ether oxygens (including phenoxy) is 1. The zero-order valence-electron chi connectivity index (χ0n) is 21.3. The molecule has 2 heterocycles. The molecule has 3 aromatic carbocycles. The van der Waals surface area contributed by atoms with Crippen molar-refractivity contribution >= 4 is 39.5 Å². The van der Waals surface area contributed by atoms with Gasteiger partial charge in [0.05, 0.1) is 29.1 Å². The zero-order valence-corrected chi connectivity index (χ0v) is 23.6. The number of aromatic amines is 1. The number of halogens is 3. The van der Waals surface area contributed by atoms with Crippen LogP contribution in [0.5, 0.6) is 5.75 Å². The fourth-order valence-corrected chi connectivity index (χ4v) is 5.71. The molecule has 0 unspecified atom stereocenters. The van der Waals surface area contributed by atoms with E-state index in [4.69, 9.17) is 21.4 Å². The Bertz CT molecular complexity index is 1510. The quantitative estimate of drug-likeness (QED) is 0.193. The number of amides is 3. The third kappa shape index (κ3) is 5.47. The van der Waals surface area contributed by atoms with E-state index in [1.54, 1.807) is 30.3 Å². The number of hydrogen-bond donors (Lipinski definition) is 3. The van der Waals surface area contributed by atoms with Crippen molar-refractivity contribution in [2.45, 2.75) is 24.9 Å². The zero-order chi connectivity index (χ0) is 28.4. The molecule has 1 aromatic heterocycles. The van der Waals surface area contributed by atoms with Crippen molar-refractivity contribution in [1.29, 1.82) is 0 Å². The summed E-state index contributed by atoms with van der Waals surface area (Å²) in [5.41, 5.74) is 1.91. The van der Waals surface area contributed by atoms with Crippen LogP contribution in [0.15, 0.2) is 77.4 Å². The monoisotopic (exact) mass is 626 g/mol. The van der Waals surface area contributed by atoms with Crippen LogP contribution in [0.2, 0.25) is 5.02 Å². The first-order valence-electron chi connectivity index (χ1n) is 12.5. The highest BCUT2D eigenvalue weighted by Crippen LogP contribution is 2.40. The van der Waals surface area contributed by atoms with Gasteiger partial charge in [-0.05, 0) is 35.4 Å². The second kappa shape index (κ2) is 11.8. The molecule has 1 fully saturated rings. The van der Waals surface area contributed by atoms with Crippen molar-refractivity contribution in [3.05, 3.63) is 105 Å². The molecule has 40 heavy (non-hydrogen) atoms. The van der Waals surface area contributed by atoms with Crippen LogP contribution >= 0.6 is 27.5 Å². The van der Waals surface area contributed by atoms with Crippen LogP contribution in [-0.4, -0.2) is 45.1 Å². The Kier molecular flexibility index (Phi) is 8.20. The van der Waals surface area contributed by atoms with Gasteiger partial charge in [0.15, 0.2) is 0 Å². The molecule has 3 amide bonds. The highest BCUT2D eigenvalue weighted by molar-refractivity contribution is 9.10. The van der Waals surface area contributed by atoms with Crippen molar-refractivity contribution in [1.82, 2.24) is 20.2 Å². The van der Waals surface area contributed by atoms with Crippen molar-refractivity contribution in [2.24, 2.45) is 0 Å². The summed E-state index contributed by atoms with van der Waals surface area (Å²) in [4.78, 5) is 35.9. The molecule has 8 nitrogen and oxygen atoms in total. The molecule has 3 atom stereocenters. The van der Waals surface area contributed by atoms with E-state index in [9.17, 15) is 14.0 Å². The average molecular weight is 628 g/mol. The van der Waals surface area contributed by atoms with E-state index in [2.05, 4.69) is 31.2 Å². The molecule has 0 spiro atoms. The topological polar surface area (TPSA) is 108 Å². The SMILES string of the molecule is C[C@@H](c1ccccc1)[C@@H](c1ncc(-c2c(F)cc(Br)cc2Cl)[nH]1)N1C(=O)N[C@H](c2ccc(OCCO)cc2)C1=O. The lowest BCUT2D eigenvalue weighted by atomic mass is 9.91. The van der Waals surface area contributed by atoms with Crippen LogP contribution in [0.1, 0.15) is 41.9 Å². The molecule has 0 bridgehead atoms. The Morgan fingerprint density at radius 2 is 1.88 bits per heavy atom. The third-order valence-electron chi connectivity index (χ3n) is 6.77. The molecule has 1 saturated heterocycles. The van der Waals surface area contributed by atoms with Gasteiger partial charge in [0.2, 0.25) is 0 Å². The molecular formula is C29H25BrClFN4O4. The molecule has 206 valence electrons. The van der Waals surface area contributed by atoms with Crippen LogP contribution in [0.4, 0.5) is 9.18 Å². The molecule has 4 aromatic rings. The number of nitrogens with zero attached hydrogens (tertiary/aromatic N) is 2. The lowest BCUT2D eigenvalue weighted by molar-refractivity contribution is -0.129. The van der Waals surface area contributed by atoms with E-state index in [-0.39, 0.29) is 29.7 Å². The molecule has 5 rings (SSSR count). The highest BCUT2D eigenvalue weighted by atomic mass is 79.9. The van der Waals surface area contributed by atoms with Gasteiger partial charge in [-0.15, -0.1) is 0 Å². The molecule has 3 N–H and O–H groups in total. The maximum absolute atomic E-state index is 14.9. The normalized spacial score (nSPS) is 16.6. The molecule has 0 saturated carbocycles. The number of imide groups is 1.